The summed E-state index contributed by atoms with van der Waals surface area (Å²) in [5, 5.41) is 1.30. The van der Waals surface area contributed by atoms with E-state index < -0.39 is 0 Å². The molecule has 1 heterocycles. The number of para-hydroxylation sites is 2. The molecule has 2 aromatic carbocycles. The molecule has 0 saturated carbocycles. The van der Waals surface area contributed by atoms with Crippen molar-refractivity contribution in [1.29, 1.82) is 0 Å². The van der Waals surface area contributed by atoms with Crippen LogP contribution >= 0.6 is 0 Å². The Morgan fingerprint density at radius 3 is 2.39 bits per heavy atom. The quantitative estimate of drug-likeness (QED) is 0.744. The second-order valence-electron chi connectivity index (χ2n) is 4.42. The fraction of sp³-hybridized carbons (Fsp3) is 0.125. The van der Waals surface area contributed by atoms with Gasteiger partial charge in [0.2, 0.25) is 0 Å². The minimum Gasteiger partial charge on any atom is -0.330 e. The molecule has 1 aromatic heterocycles. The molecule has 3 aromatic rings. The third kappa shape index (κ3) is 1.81. The molecule has 2 N–H and O–H groups in total. The van der Waals surface area contributed by atoms with Gasteiger partial charge in [0.1, 0.15) is 0 Å². The van der Waals surface area contributed by atoms with Crippen LogP contribution < -0.4 is 5.73 Å². The maximum absolute atomic E-state index is 5.69. The van der Waals surface area contributed by atoms with E-state index in [4.69, 9.17) is 5.73 Å². The minimum atomic E-state index is 0.683. The van der Waals surface area contributed by atoms with Gasteiger partial charge >= 0.3 is 0 Å². The fourth-order valence-electron chi connectivity index (χ4n) is 2.41. The van der Waals surface area contributed by atoms with E-state index in [1.807, 2.05) is 6.07 Å². The van der Waals surface area contributed by atoms with E-state index in [0.29, 0.717) is 6.54 Å². The topological polar surface area (TPSA) is 30.9 Å². The SMILES string of the molecule is NCCc1cn(-c2ccccc2)c2ccccc12. The van der Waals surface area contributed by atoms with Gasteiger partial charge in [0, 0.05) is 17.3 Å². The highest BCUT2D eigenvalue weighted by Crippen LogP contribution is 2.24. The highest BCUT2D eigenvalue weighted by atomic mass is 15.0. The van der Waals surface area contributed by atoms with Gasteiger partial charge in [-0.2, -0.15) is 0 Å². The highest BCUT2D eigenvalue weighted by Gasteiger charge is 2.08. The van der Waals surface area contributed by atoms with Crippen molar-refractivity contribution in [1.82, 2.24) is 4.57 Å². The summed E-state index contributed by atoms with van der Waals surface area (Å²) >= 11 is 0. The third-order valence-electron chi connectivity index (χ3n) is 3.24. The summed E-state index contributed by atoms with van der Waals surface area (Å²) in [6, 6.07) is 18.9. The summed E-state index contributed by atoms with van der Waals surface area (Å²) < 4.78 is 2.24. The second kappa shape index (κ2) is 4.67. The lowest BCUT2D eigenvalue weighted by atomic mass is 10.1. The maximum atomic E-state index is 5.69. The standard InChI is InChI=1S/C16H16N2/c17-11-10-13-12-18(14-6-2-1-3-7-14)16-9-5-4-8-15(13)16/h1-9,12H,10-11,17H2. The molecular weight excluding hydrogens is 220 g/mol. The molecule has 0 aliphatic heterocycles. The number of hydrogen-bond donors (Lipinski definition) is 1. The Hall–Kier alpha value is -2.06. The molecular formula is C16H16N2. The smallest absolute Gasteiger partial charge is 0.0531 e. The molecule has 0 radical (unpaired) electrons. The molecule has 0 amide bonds. The molecule has 18 heavy (non-hydrogen) atoms. The molecule has 0 bridgehead atoms. The maximum Gasteiger partial charge on any atom is 0.0531 e. The monoisotopic (exact) mass is 236 g/mol. The van der Waals surface area contributed by atoms with Crippen LogP contribution in [0, 0.1) is 0 Å². The van der Waals surface area contributed by atoms with Crippen LogP contribution in [-0.2, 0) is 6.42 Å². The number of fused-ring (bicyclic) bond motifs is 1. The molecule has 2 nitrogen and oxygen atoms in total. The van der Waals surface area contributed by atoms with Gasteiger partial charge in [-0.05, 0) is 36.7 Å². The van der Waals surface area contributed by atoms with Gasteiger partial charge < -0.3 is 10.3 Å². The molecule has 0 atom stereocenters. The number of nitrogens with two attached hydrogens (primary N) is 1. The second-order valence-corrected chi connectivity index (χ2v) is 4.42. The first-order valence-corrected chi connectivity index (χ1v) is 6.24. The zero-order chi connectivity index (χ0) is 12.4. The van der Waals surface area contributed by atoms with Crippen molar-refractivity contribution < 1.29 is 0 Å². The fourth-order valence-corrected chi connectivity index (χ4v) is 2.41. The van der Waals surface area contributed by atoms with E-state index in [0.717, 1.165) is 6.42 Å². The molecule has 0 unspecified atom stereocenters. The van der Waals surface area contributed by atoms with E-state index >= 15 is 0 Å². The Balaban J connectivity index is 2.24. The van der Waals surface area contributed by atoms with E-state index in [9.17, 15) is 0 Å². The van der Waals surface area contributed by atoms with Gasteiger partial charge in [-0.15, -0.1) is 0 Å². The van der Waals surface area contributed by atoms with Crippen LogP contribution in [0.1, 0.15) is 5.56 Å². The number of hydrogen-bond acceptors (Lipinski definition) is 1. The van der Waals surface area contributed by atoms with Gasteiger partial charge in [0.15, 0.2) is 0 Å². The first-order valence-electron chi connectivity index (χ1n) is 6.24. The molecule has 0 aliphatic carbocycles. The number of aromatic nitrogens is 1. The summed E-state index contributed by atoms with van der Waals surface area (Å²) in [6.07, 6.45) is 3.12. The third-order valence-corrected chi connectivity index (χ3v) is 3.24. The van der Waals surface area contributed by atoms with Crippen molar-refractivity contribution in [3.8, 4) is 5.69 Å². The van der Waals surface area contributed by atoms with Crippen LogP contribution in [0.25, 0.3) is 16.6 Å². The van der Waals surface area contributed by atoms with Crippen molar-refractivity contribution in [3.63, 3.8) is 0 Å². The van der Waals surface area contributed by atoms with E-state index in [1.165, 1.54) is 22.2 Å². The average molecular weight is 236 g/mol. The Bertz CT molecular complexity index is 653. The molecule has 2 heteroatoms. The van der Waals surface area contributed by atoms with Crippen LogP contribution in [-0.4, -0.2) is 11.1 Å². The van der Waals surface area contributed by atoms with Crippen LogP contribution in [0.4, 0.5) is 0 Å². The van der Waals surface area contributed by atoms with Crippen LogP contribution in [0.2, 0.25) is 0 Å². The Labute approximate surface area is 107 Å². The Morgan fingerprint density at radius 1 is 0.889 bits per heavy atom. The van der Waals surface area contributed by atoms with Crippen molar-refractivity contribution >= 4 is 10.9 Å². The predicted octanol–water partition coefficient (Wildman–Crippen LogP) is 3.13. The lowest BCUT2D eigenvalue weighted by molar-refractivity contribution is 0.967. The number of nitrogens with zero attached hydrogens (tertiary/aromatic N) is 1. The summed E-state index contributed by atoms with van der Waals surface area (Å²) in [5.41, 5.74) is 9.44. The van der Waals surface area contributed by atoms with Crippen molar-refractivity contribution in [3.05, 3.63) is 66.4 Å². The van der Waals surface area contributed by atoms with Crippen LogP contribution in [0.3, 0.4) is 0 Å². The van der Waals surface area contributed by atoms with Crippen LogP contribution in [0.15, 0.2) is 60.8 Å². The van der Waals surface area contributed by atoms with Gasteiger partial charge in [0.25, 0.3) is 0 Å². The largest absolute Gasteiger partial charge is 0.330 e. The van der Waals surface area contributed by atoms with Crippen molar-refractivity contribution in [2.75, 3.05) is 6.54 Å². The van der Waals surface area contributed by atoms with Crippen molar-refractivity contribution in [2.45, 2.75) is 6.42 Å². The summed E-state index contributed by atoms with van der Waals surface area (Å²) in [6.45, 7) is 0.683. The van der Waals surface area contributed by atoms with Crippen molar-refractivity contribution in [2.24, 2.45) is 5.73 Å². The van der Waals surface area contributed by atoms with Crippen LogP contribution in [0.5, 0.6) is 0 Å². The van der Waals surface area contributed by atoms with E-state index in [2.05, 4.69) is 59.3 Å². The molecule has 3 rings (SSSR count). The van der Waals surface area contributed by atoms with E-state index in [1.54, 1.807) is 0 Å². The zero-order valence-electron chi connectivity index (χ0n) is 10.2. The summed E-state index contributed by atoms with van der Waals surface area (Å²) in [5.74, 6) is 0. The van der Waals surface area contributed by atoms with Gasteiger partial charge in [-0.3, -0.25) is 0 Å². The Morgan fingerprint density at radius 2 is 1.61 bits per heavy atom. The normalized spacial score (nSPS) is 10.9. The molecule has 0 spiro atoms. The Kier molecular flexibility index (Phi) is 2.87. The molecule has 90 valence electrons. The predicted molar refractivity (Wildman–Crippen MR) is 76.0 cm³/mol. The first-order chi connectivity index (χ1) is 8.90. The lowest BCUT2D eigenvalue weighted by Gasteiger charge is -2.04. The highest BCUT2D eigenvalue weighted by molar-refractivity contribution is 5.85. The van der Waals surface area contributed by atoms with Gasteiger partial charge in [-0.1, -0.05) is 36.4 Å². The van der Waals surface area contributed by atoms with E-state index in [-0.39, 0.29) is 0 Å². The minimum absolute atomic E-state index is 0.683. The number of benzene rings is 2. The van der Waals surface area contributed by atoms with Gasteiger partial charge in [-0.25, -0.2) is 0 Å². The summed E-state index contributed by atoms with van der Waals surface area (Å²) in [7, 11) is 0. The number of rotatable bonds is 3. The molecule has 0 saturated heterocycles. The molecule has 0 fully saturated rings. The zero-order valence-corrected chi connectivity index (χ0v) is 10.2. The first kappa shape index (κ1) is 11.1. The van der Waals surface area contributed by atoms with Gasteiger partial charge in [0.05, 0.1) is 5.52 Å². The average Bonchev–Trinajstić information content (AvgIpc) is 2.80. The summed E-state index contributed by atoms with van der Waals surface area (Å²) in [4.78, 5) is 0. The molecule has 0 aliphatic rings. The lowest BCUT2D eigenvalue weighted by Crippen LogP contribution is -2.02.